The molecule has 0 aromatic heterocycles. The van der Waals surface area contributed by atoms with Gasteiger partial charge in [0.2, 0.25) is 0 Å². The molecule has 0 heterocycles. The van der Waals surface area contributed by atoms with Crippen LogP contribution in [-0.4, -0.2) is 5.11 Å². The Hall–Kier alpha value is -2.01. The van der Waals surface area contributed by atoms with Crippen LogP contribution in [0.15, 0.2) is 48.5 Å². The zero-order valence-electron chi connectivity index (χ0n) is 9.85. The highest BCUT2D eigenvalue weighted by molar-refractivity contribution is 5.42. The first-order valence-electron chi connectivity index (χ1n) is 5.58. The summed E-state index contributed by atoms with van der Waals surface area (Å²) in [7, 11) is 0. The van der Waals surface area contributed by atoms with Crippen molar-refractivity contribution in [1.29, 1.82) is 0 Å². The maximum Gasteiger partial charge on any atom is 0.416 e. The lowest BCUT2D eigenvalue weighted by Crippen LogP contribution is -2.06. The lowest BCUT2D eigenvalue weighted by atomic mass is 10.00. The molecule has 0 amide bonds. The highest BCUT2D eigenvalue weighted by atomic mass is 19.4. The number of nitrogen functional groups attached to an aromatic ring is 1. The normalized spacial score (nSPS) is 13.3. The van der Waals surface area contributed by atoms with Crippen LogP contribution in [-0.2, 0) is 6.18 Å². The SMILES string of the molecule is Nc1ccc(C(O)c2ccc(C(F)(F)F)cc2)cc1. The fourth-order valence-corrected chi connectivity index (χ4v) is 1.73. The van der Waals surface area contributed by atoms with Crippen molar-refractivity contribution in [2.45, 2.75) is 12.3 Å². The molecule has 0 fully saturated rings. The third kappa shape index (κ3) is 3.06. The van der Waals surface area contributed by atoms with Crippen molar-refractivity contribution in [2.24, 2.45) is 0 Å². The second kappa shape index (κ2) is 4.93. The van der Waals surface area contributed by atoms with Crippen molar-refractivity contribution >= 4 is 5.69 Å². The van der Waals surface area contributed by atoms with Gasteiger partial charge in [-0.2, -0.15) is 13.2 Å². The Morgan fingerprint density at radius 3 is 1.68 bits per heavy atom. The molecule has 5 heteroatoms. The van der Waals surface area contributed by atoms with Gasteiger partial charge in [0.15, 0.2) is 0 Å². The molecule has 0 spiro atoms. The van der Waals surface area contributed by atoms with E-state index in [9.17, 15) is 18.3 Å². The van der Waals surface area contributed by atoms with Gasteiger partial charge in [0, 0.05) is 5.69 Å². The van der Waals surface area contributed by atoms with E-state index in [0.717, 1.165) is 12.1 Å². The molecule has 0 saturated carbocycles. The van der Waals surface area contributed by atoms with E-state index in [0.29, 0.717) is 16.8 Å². The Balaban J connectivity index is 2.25. The van der Waals surface area contributed by atoms with Crippen LogP contribution in [0.4, 0.5) is 18.9 Å². The van der Waals surface area contributed by atoms with E-state index in [1.165, 1.54) is 12.1 Å². The smallest absolute Gasteiger partial charge is 0.399 e. The summed E-state index contributed by atoms with van der Waals surface area (Å²) < 4.78 is 37.2. The van der Waals surface area contributed by atoms with Gasteiger partial charge in [-0.15, -0.1) is 0 Å². The highest BCUT2D eigenvalue weighted by Crippen LogP contribution is 2.31. The van der Waals surface area contributed by atoms with Crippen LogP contribution in [0.2, 0.25) is 0 Å². The summed E-state index contributed by atoms with van der Waals surface area (Å²) in [6.45, 7) is 0. The van der Waals surface area contributed by atoms with Gasteiger partial charge in [-0.3, -0.25) is 0 Å². The first kappa shape index (κ1) is 13.4. The Labute approximate surface area is 108 Å². The second-order valence-electron chi connectivity index (χ2n) is 4.19. The summed E-state index contributed by atoms with van der Waals surface area (Å²) >= 11 is 0. The fraction of sp³-hybridized carbons (Fsp3) is 0.143. The Morgan fingerprint density at radius 2 is 1.26 bits per heavy atom. The number of hydrogen-bond acceptors (Lipinski definition) is 2. The molecule has 3 N–H and O–H groups in total. The van der Waals surface area contributed by atoms with Crippen LogP contribution >= 0.6 is 0 Å². The van der Waals surface area contributed by atoms with E-state index >= 15 is 0 Å². The van der Waals surface area contributed by atoms with E-state index < -0.39 is 17.8 Å². The molecular weight excluding hydrogens is 255 g/mol. The Bertz CT molecular complexity index is 546. The maximum absolute atomic E-state index is 12.4. The maximum atomic E-state index is 12.4. The number of alkyl halides is 3. The summed E-state index contributed by atoms with van der Waals surface area (Å²) in [4.78, 5) is 0. The zero-order chi connectivity index (χ0) is 14.0. The van der Waals surface area contributed by atoms with Gasteiger partial charge >= 0.3 is 6.18 Å². The molecule has 19 heavy (non-hydrogen) atoms. The quantitative estimate of drug-likeness (QED) is 0.819. The zero-order valence-corrected chi connectivity index (χ0v) is 9.85. The lowest BCUT2D eigenvalue weighted by Gasteiger charge is -2.13. The largest absolute Gasteiger partial charge is 0.416 e. The minimum absolute atomic E-state index is 0.401. The molecule has 2 rings (SSSR count). The summed E-state index contributed by atoms with van der Waals surface area (Å²) in [5.74, 6) is 0. The summed E-state index contributed by atoms with van der Waals surface area (Å²) in [6, 6.07) is 11.0. The monoisotopic (exact) mass is 267 g/mol. The number of aliphatic hydroxyl groups is 1. The molecule has 1 unspecified atom stereocenters. The van der Waals surface area contributed by atoms with Gasteiger partial charge in [-0.1, -0.05) is 24.3 Å². The van der Waals surface area contributed by atoms with Crippen molar-refractivity contribution in [3.05, 3.63) is 65.2 Å². The van der Waals surface area contributed by atoms with Gasteiger partial charge in [-0.25, -0.2) is 0 Å². The van der Waals surface area contributed by atoms with Crippen LogP contribution in [0.5, 0.6) is 0 Å². The molecule has 0 saturated heterocycles. The van der Waals surface area contributed by atoms with Crippen LogP contribution in [0, 0.1) is 0 Å². The molecule has 0 aliphatic rings. The van der Waals surface area contributed by atoms with Crippen LogP contribution in [0.25, 0.3) is 0 Å². The average Bonchev–Trinajstić information content (AvgIpc) is 2.38. The molecule has 0 aliphatic heterocycles. The first-order valence-corrected chi connectivity index (χ1v) is 5.58. The lowest BCUT2D eigenvalue weighted by molar-refractivity contribution is -0.137. The molecule has 1 atom stereocenters. The molecule has 2 aromatic carbocycles. The van der Waals surface area contributed by atoms with E-state index in [1.54, 1.807) is 24.3 Å². The number of benzene rings is 2. The minimum Gasteiger partial charge on any atom is -0.399 e. The van der Waals surface area contributed by atoms with Crippen molar-refractivity contribution in [2.75, 3.05) is 5.73 Å². The average molecular weight is 267 g/mol. The summed E-state index contributed by atoms with van der Waals surface area (Å²) in [5, 5.41) is 10.1. The number of anilines is 1. The molecule has 0 bridgehead atoms. The predicted octanol–water partition coefficient (Wildman–Crippen LogP) is 3.37. The summed E-state index contributed by atoms with van der Waals surface area (Å²) in [6.07, 6.45) is -5.34. The minimum atomic E-state index is -4.37. The van der Waals surface area contributed by atoms with E-state index in [2.05, 4.69) is 0 Å². The number of nitrogens with two attached hydrogens (primary N) is 1. The standard InChI is InChI=1S/C14H12F3NO/c15-14(16,17)11-5-1-9(2-6-11)13(19)10-3-7-12(18)8-4-10/h1-8,13,19H,18H2. The molecule has 100 valence electrons. The third-order valence-corrected chi connectivity index (χ3v) is 2.81. The van der Waals surface area contributed by atoms with Crippen LogP contribution < -0.4 is 5.73 Å². The van der Waals surface area contributed by atoms with Crippen LogP contribution in [0.3, 0.4) is 0 Å². The van der Waals surface area contributed by atoms with Gasteiger partial charge < -0.3 is 10.8 Å². The summed E-state index contributed by atoms with van der Waals surface area (Å²) in [5.41, 5.74) is 6.33. The van der Waals surface area contributed by atoms with E-state index in [1.807, 2.05) is 0 Å². The number of halogens is 3. The molecule has 0 radical (unpaired) electrons. The Morgan fingerprint density at radius 1 is 0.842 bits per heavy atom. The second-order valence-corrected chi connectivity index (χ2v) is 4.19. The van der Waals surface area contributed by atoms with Gasteiger partial charge in [0.25, 0.3) is 0 Å². The van der Waals surface area contributed by atoms with Crippen LogP contribution in [0.1, 0.15) is 22.8 Å². The molecular formula is C14H12F3NO. The van der Waals surface area contributed by atoms with E-state index in [4.69, 9.17) is 5.73 Å². The van der Waals surface area contributed by atoms with Gasteiger partial charge in [0.1, 0.15) is 6.10 Å². The predicted molar refractivity (Wildman–Crippen MR) is 66.4 cm³/mol. The number of rotatable bonds is 2. The van der Waals surface area contributed by atoms with Gasteiger partial charge in [-0.05, 0) is 35.4 Å². The van der Waals surface area contributed by atoms with Crippen molar-refractivity contribution < 1.29 is 18.3 Å². The van der Waals surface area contributed by atoms with Crippen molar-refractivity contribution in [3.63, 3.8) is 0 Å². The number of aliphatic hydroxyl groups excluding tert-OH is 1. The van der Waals surface area contributed by atoms with Crippen molar-refractivity contribution in [3.8, 4) is 0 Å². The fourth-order valence-electron chi connectivity index (χ4n) is 1.73. The Kier molecular flexibility index (Phi) is 3.48. The highest BCUT2D eigenvalue weighted by Gasteiger charge is 2.30. The topological polar surface area (TPSA) is 46.2 Å². The van der Waals surface area contributed by atoms with Crippen molar-refractivity contribution in [1.82, 2.24) is 0 Å². The molecule has 0 aliphatic carbocycles. The number of hydrogen-bond donors (Lipinski definition) is 2. The first-order chi connectivity index (χ1) is 8.88. The molecule has 2 nitrogen and oxygen atoms in total. The van der Waals surface area contributed by atoms with E-state index in [-0.39, 0.29) is 0 Å². The molecule has 2 aromatic rings. The van der Waals surface area contributed by atoms with Gasteiger partial charge in [0.05, 0.1) is 5.56 Å². The third-order valence-electron chi connectivity index (χ3n) is 2.81.